The maximum atomic E-state index is 15.5. The van der Waals surface area contributed by atoms with Crippen molar-refractivity contribution in [3.8, 4) is 22.3 Å². The number of benzene rings is 4. The van der Waals surface area contributed by atoms with Crippen LogP contribution in [-0.2, 0) is 32.2 Å². The fourth-order valence-corrected chi connectivity index (χ4v) is 6.79. The summed E-state index contributed by atoms with van der Waals surface area (Å²) in [5, 5.41) is 5.23. The third-order valence-corrected chi connectivity index (χ3v) is 9.87. The van der Waals surface area contributed by atoms with Crippen molar-refractivity contribution in [2.75, 3.05) is 36.0 Å². The monoisotopic (exact) mass is 783 g/mol. The Labute approximate surface area is 327 Å². The smallest absolute Gasteiger partial charge is 0.414 e. The second kappa shape index (κ2) is 17.1. The molecule has 16 heteroatoms. The summed E-state index contributed by atoms with van der Waals surface area (Å²) in [6.07, 6.45) is -2.36. The van der Waals surface area contributed by atoms with Gasteiger partial charge in [-0.05, 0) is 83.6 Å². The van der Waals surface area contributed by atoms with Crippen molar-refractivity contribution in [1.29, 1.82) is 0 Å². The van der Waals surface area contributed by atoms with Gasteiger partial charge in [0.25, 0.3) is 0 Å². The van der Waals surface area contributed by atoms with E-state index in [0.29, 0.717) is 33.6 Å². The number of nitrogens with two attached hydrogens (primary N) is 1. The second-order valence-corrected chi connectivity index (χ2v) is 14.0. The number of nitrogens with one attached hydrogen (secondary N) is 3. The first-order chi connectivity index (χ1) is 27.2. The van der Waals surface area contributed by atoms with Gasteiger partial charge >= 0.3 is 18.2 Å². The van der Waals surface area contributed by atoms with E-state index in [9.17, 15) is 24.0 Å². The number of halogens is 2. The first kappa shape index (κ1) is 40.1. The molecule has 0 radical (unpaired) electrons. The maximum Gasteiger partial charge on any atom is 0.414 e. The topological polar surface area (TPSA) is 176 Å². The van der Waals surface area contributed by atoms with E-state index >= 15 is 8.78 Å². The number of aryl methyl sites for hydroxylation is 2. The molecule has 298 valence electrons. The molecule has 0 aromatic heterocycles. The van der Waals surface area contributed by atoms with Crippen molar-refractivity contribution in [3.63, 3.8) is 0 Å². The quantitative estimate of drug-likeness (QED) is 0.0837. The Kier molecular flexibility index (Phi) is 12.0. The molecule has 2 fully saturated rings. The van der Waals surface area contributed by atoms with Gasteiger partial charge in [-0.25, -0.2) is 29.0 Å². The van der Waals surface area contributed by atoms with Crippen molar-refractivity contribution in [2.45, 2.75) is 53.0 Å². The first-order valence-electron chi connectivity index (χ1n) is 18.2. The molecule has 4 aromatic carbocycles. The molecule has 6 rings (SSSR count). The van der Waals surface area contributed by atoms with Crippen LogP contribution in [0.2, 0.25) is 0 Å². The fraction of sp³-hybridized carbons (Fsp3) is 0.293. The summed E-state index contributed by atoms with van der Waals surface area (Å²) in [6.45, 7) is 7.44. The van der Waals surface area contributed by atoms with Crippen LogP contribution in [0.1, 0.15) is 36.1 Å². The van der Waals surface area contributed by atoms with E-state index in [1.165, 1.54) is 40.7 Å². The van der Waals surface area contributed by atoms with Gasteiger partial charge in [-0.3, -0.25) is 24.8 Å². The minimum Gasteiger partial charge on any atom is -0.442 e. The predicted octanol–water partition coefficient (Wildman–Crippen LogP) is 5.42. The van der Waals surface area contributed by atoms with Crippen molar-refractivity contribution >= 4 is 41.4 Å². The fourth-order valence-electron chi connectivity index (χ4n) is 6.79. The molecule has 2 atom stereocenters. The lowest BCUT2D eigenvalue weighted by Gasteiger charge is -2.24. The number of amides is 6. The van der Waals surface area contributed by atoms with Crippen LogP contribution in [0.15, 0.2) is 72.8 Å². The molecule has 14 nitrogen and oxygen atoms in total. The lowest BCUT2D eigenvalue weighted by molar-refractivity contribution is -0.120. The van der Waals surface area contributed by atoms with Gasteiger partial charge in [-0.15, -0.1) is 0 Å². The lowest BCUT2D eigenvalue weighted by Crippen LogP contribution is -2.42. The minimum atomic E-state index is -0.626. The molecule has 6 amide bonds. The van der Waals surface area contributed by atoms with Crippen LogP contribution < -0.4 is 31.7 Å². The molecule has 2 saturated heterocycles. The average molecular weight is 784 g/mol. The van der Waals surface area contributed by atoms with Crippen LogP contribution in [0.25, 0.3) is 22.3 Å². The Hall–Kier alpha value is -6.55. The lowest BCUT2D eigenvalue weighted by atomic mass is 9.97. The number of nitrogens with zero attached hydrogens (tertiary/aromatic N) is 3. The van der Waals surface area contributed by atoms with Crippen molar-refractivity contribution in [1.82, 2.24) is 21.0 Å². The van der Waals surface area contributed by atoms with Crippen LogP contribution >= 0.6 is 0 Å². The average Bonchev–Trinajstić information content (AvgIpc) is 3.74. The van der Waals surface area contributed by atoms with Crippen LogP contribution in [-0.4, -0.2) is 73.3 Å². The second-order valence-electron chi connectivity index (χ2n) is 14.0. The normalized spacial score (nSPS) is 16.3. The zero-order chi connectivity index (χ0) is 41.0. The number of rotatable bonds is 12. The summed E-state index contributed by atoms with van der Waals surface area (Å²) < 4.78 is 41.6. The number of hydrogen-bond donors (Lipinski definition) is 4. The first-order valence-corrected chi connectivity index (χ1v) is 18.2. The minimum absolute atomic E-state index is 0.157. The van der Waals surface area contributed by atoms with E-state index in [1.54, 1.807) is 36.4 Å². The molecular weight excluding hydrogens is 740 g/mol. The van der Waals surface area contributed by atoms with E-state index in [0.717, 1.165) is 22.3 Å². The summed E-state index contributed by atoms with van der Waals surface area (Å²) in [5.74, 6) is 3.99. The van der Waals surface area contributed by atoms with E-state index in [-0.39, 0.29) is 51.1 Å². The van der Waals surface area contributed by atoms with E-state index in [4.69, 9.17) is 15.3 Å². The molecule has 2 aliphatic heterocycles. The number of anilines is 2. The van der Waals surface area contributed by atoms with Gasteiger partial charge < -0.3 is 25.0 Å². The van der Waals surface area contributed by atoms with E-state index in [1.807, 2.05) is 38.1 Å². The van der Waals surface area contributed by atoms with Gasteiger partial charge in [0.1, 0.15) is 23.8 Å². The summed E-state index contributed by atoms with van der Waals surface area (Å²) in [6, 6.07) is 19.2. The number of carbonyl (C=O) groups is 5. The molecule has 0 spiro atoms. The van der Waals surface area contributed by atoms with Gasteiger partial charge in [0.15, 0.2) is 0 Å². The number of hydrogen-bond acceptors (Lipinski definition) is 8. The molecule has 4 aromatic rings. The van der Waals surface area contributed by atoms with Gasteiger partial charge in [-0.1, -0.05) is 36.4 Å². The highest BCUT2D eigenvalue weighted by Gasteiger charge is 2.34. The highest BCUT2D eigenvalue weighted by Crippen LogP contribution is 2.33. The Morgan fingerprint density at radius 1 is 0.702 bits per heavy atom. The Morgan fingerprint density at radius 2 is 1.12 bits per heavy atom. The number of urea groups is 1. The molecule has 2 heterocycles. The molecule has 5 N–H and O–H groups in total. The van der Waals surface area contributed by atoms with Gasteiger partial charge in [0, 0.05) is 38.1 Å². The van der Waals surface area contributed by atoms with Gasteiger partial charge in [0.2, 0.25) is 11.8 Å². The third kappa shape index (κ3) is 9.29. The Balaban J connectivity index is 1.13. The maximum absolute atomic E-state index is 15.5. The van der Waals surface area contributed by atoms with E-state index in [2.05, 4.69) is 16.1 Å². The standard InChI is InChI=1S/C41H43F2N7O7/c1-23-13-27(35-11-9-31(15-37(35)42)49-21-33(56-40(49)54)17-45-25(3)51)5-7-29(23)19-48(39(53)47-44)20-30-8-6-28(14-24(30)2)36-12-10-32(16-38(36)43)50-22-34(57-41(50)55)18-46-26(4)52/h5-16,33-34H,17-22,44H2,1-4H3,(H,45,51)(H,46,52)(H,47,53)/t33-,34-/m0/s1. The summed E-state index contributed by atoms with van der Waals surface area (Å²) >= 11 is 0. The SMILES string of the molecule is CC(=O)NC[C@H]1CN(c2ccc(-c3ccc(CN(Cc4ccc(-c5ccc(N6C[C@H](CNC(C)=O)OC6=O)cc5F)cc4C)C(=O)NN)c(C)c3)c(F)c2)C(=O)O1. The zero-order valence-electron chi connectivity index (χ0n) is 31.9. The number of ether oxygens (including phenoxy) is 2. The van der Waals surface area contributed by atoms with Crippen LogP contribution in [0.3, 0.4) is 0 Å². The Morgan fingerprint density at radius 3 is 1.47 bits per heavy atom. The molecule has 2 aliphatic rings. The summed E-state index contributed by atoms with van der Waals surface area (Å²) in [7, 11) is 0. The Bertz CT molecular complexity index is 2090. The zero-order valence-corrected chi connectivity index (χ0v) is 31.9. The van der Waals surface area contributed by atoms with Gasteiger partial charge in [-0.2, -0.15) is 0 Å². The van der Waals surface area contributed by atoms with Crippen LogP contribution in [0.4, 0.5) is 34.5 Å². The molecule has 0 aliphatic carbocycles. The number of cyclic esters (lactones) is 2. The molecule has 0 unspecified atom stereocenters. The third-order valence-electron chi connectivity index (χ3n) is 9.87. The highest BCUT2D eigenvalue weighted by atomic mass is 19.1. The van der Waals surface area contributed by atoms with Crippen molar-refractivity contribution < 1.29 is 42.2 Å². The molecule has 0 saturated carbocycles. The largest absolute Gasteiger partial charge is 0.442 e. The van der Waals surface area contributed by atoms with Crippen LogP contribution in [0.5, 0.6) is 0 Å². The summed E-state index contributed by atoms with van der Waals surface area (Å²) in [4.78, 5) is 64.5. The number of hydrazine groups is 1. The molecular formula is C41H43F2N7O7. The summed E-state index contributed by atoms with van der Waals surface area (Å²) in [5.41, 5.74) is 7.88. The molecule has 57 heavy (non-hydrogen) atoms. The van der Waals surface area contributed by atoms with E-state index < -0.39 is 42.1 Å². The van der Waals surface area contributed by atoms with Crippen LogP contribution in [0, 0.1) is 25.5 Å². The van der Waals surface area contributed by atoms with Gasteiger partial charge in [0.05, 0.1) is 37.6 Å². The predicted molar refractivity (Wildman–Crippen MR) is 208 cm³/mol. The highest BCUT2D eigenvalue weighted by molar-refractivity contribution is 5.91. The molecule has 0 bridgehead atoms. The van der Waals surface area contributed by atoms with Crippen molar-refractivity contribution in [2.24, 2.45) is 5.84 Å². The number of carbonyl (C=O) groups excluding carboxylic acids is 5. The van der Waals surface area contributed by atoms with Crippen molar-refractivity contribution in [3.05, 3.63) is 107 Å².